The van der Waals surface area contributed by atoms with Crippen LogP contribution in [0.1, 0.15) is 20.7 Å². The van der Waals surface area contributed by atoms with Crippen molar-refractivity contribution in [2.75, 3.05) is 21.3 Å². The number of para-hydroxylation sites is 1. The summed E-state index contributed by atoms with van der Waals surface area (Å²) in [5, 5.41) is 0. The molecule has 8 nitrogen and oxygen atoms in total. The third-order valence-corrected chi connectivity index (χ3v) is 5.19. The van der Waals surface area contributed by atoms with E-state index in [0.29, 0.717) is 31.9 Å². The molecule has 1 amide bonds. The quantitative estimate of drug-likeness (QED) is 0.595. The predicted molar refractivity (Wildman–Crippen MR) is 106 cm³/mol. The molecule has 3 aromatic rings. The number of carbonyl (C=O) groups excluding carboxylic acids is 3. The molecule has 0 radical (unpaired) electrons. The van der Waals surface area contributed by atoms with E-state index < -0.39 is 17.8 Å². The van der Waals surface area contributed by atoms with Gasteiger partial charge in [-0.1, -0.05) is 23.5 Å². The molecule has 0 aliphatic rings. The lowest BCUT2D eigenvalue weighted by Gasteiger charge is -2.05. The van der Waals surface area contributed by atoms with E-state index in [0.717, 1.165) is 0 Å². The number of fused-ring (bicyclic) bond motifs is 1. The van der Waals surface area contributed by atoms with Crippen LogP contribution in [-0.2, 0) is 20.8 Å². The first-order valence-electron chi connectivity index (χ1n) is 8.49. The number of esters is 2. The van der Waals surface area contributed by atoms with Gasteiger partial charge in [-0.15, -0.1) is 0 Å². The third-order valence-electron chi connectivity index (χ3n) is 4.15. The van der Waals surface area contributed by atoms with Crippen LogP contribution in [0.4, 0.5) is 0 Å². The van der Waals surface area contributed by atoms with Crippen LogP contribution in [0.15, 0.2) is 47.5 Å². The Bertz CT molecular complexity index is 1160. The highest BCUT2D eigenvalue weighted by Crippen LogP contribution is 2.21. The minimum absolute atomic E-state index is 0.133. The van der Waals surface area contributed by atoms with Gasteiger partial charge in [0.05, 0.1) is 42.7 Å². The standard InChI is InChI=1S/C20H18N2O6S/c1-26-15-7-5-4-6-13(15)18(24)21-20-22(11-17(23)27-2)14-9-8-12(19(25)28-3)10-16(14)29-20/h4-10H,11H2,1-3H3. The van der Waals surface area contributed by atoms with Crippen molar-refractivity contribution in [2.24, 2.45) is 4.99 Å². The predicted octanol–water partition coefficient (Wildman–Crippen LogP) is 2.41. The maximum Gasteiger partial charge on any atom is 0.337 e. The third kappa shape index (κ3) is 4.19. The largest absolute Gasteiger partial charge is 0.496 e. The summed E-state index contributed by atoms with van der Waals surface area (Å²) in [5.41, 5.74) is 1.29. The number of nitrogens with zero attached hydrogens (tertiary/aromatic N) is 2. The number of ether oxygens (including phenoxy) is 3. The van der Waals surface area contributed by atoms with E-state index >= 15 is 0 Å². The van der Waals surface area contributed by atoms with Gasteiger partial charge in [-0.3, -0.25) is 9.59 Å². The van der Waals surface area contributed by atoms with E-state index in [1.165, 1.54) is 32.7 Å². The summed E-state index contributed by atoms with van der Waals surface area (Å²) in [5.74, 6) is -1.09. The van der Waals surface area contributed by atoms with Crippen LogP contribution in [0.3, 0.4) is 0 Å². The SMILES string of the molecule is COC(=O)Cn1c(=NC(=O)c2ccccc2OC)sc2cc(C(=O)OC)ccc21. The summed E-state index contributed by atoms with van der Waals surface area (Å²) in [7, 11) is 4.05. The van der Waals surface area contributed by atoms with Crippen LogP contribution >= 0.6 is 11.3 Å². The number of methoxy groups -OCH3 is 3. The Kier molecular flexibility index (Phi) is 6.08. The Morgan fingerprint density at radius 2 is 1.79 bits per heavy atom. The van der Waals surface area contributed by atoms with Crippen LogP contribution in [-0.4, -0.2) is 43.7 Å². The highest BCUT2D eigenvalue weighted by Gasteiger charge is 2.16. The second-order valence-electron chi connectivity index (χ2n) is 5.84. The van der Waals surface area contributed by atoms with Gasteiger partial charge in [-0.25, -0.2) is 4.79 Å². The fraction of sp³-hybridized carbons (Fsp3) is 0.200. The second-order valence-corrected chi connectivity index (χ2v) is 6.85. The molecule has 1 heterocycles. The normalized spacial score (nSPS) is 11.3. The Morgan fingerprint density at radius 1 is 1.03 bits per heavy atom. The van der Waals surface area contributed by atoms with Crippen LogP contribution in [0, 0.1) is 0 Å². The number of hydrogen-bond acceptors (Lipinski definition) is 7. The molecular formula is C20H18N2O6S. The highest BCUT2D eigenvalue weighted by atomic mass is 32.1. The lowest BCUT2D eigenvalue weighted by Crippen LogP contribution is -2.22. The van der Waals surface area contributed by atoms with Gasteiger partial charge in [-0.2, -0.15) is 4.99 Å². The molecule has 0 fully saturated rings. The van der Waals surface area contributed by atoms with Crippen molar-refractivity contribution in [1.29, 1.82) is 0 Å². The number of rotatable bonds is 5. The molecule has 0 saturated carbocycles. The van der Waals surface area contributed by atoms with Gasteiger partial charge in [0.1, 0.15) is 12.3 Å². The molecule has 0 aliphatic carbocycles. The van der Waals surface area contributed by atoms with Crippen LogP contribution in [0.25, 0.3) is 10.2 Å². The first kappa shape index (κ1) is 20.3. The number of hydrogen-bond donors (Lipinski definition) is 0. The average Bonchev–Trinajstić information content (AvgIpc) is 3.08. The van der Waals surface area contributed by atoms with Gasteiger partial charge in [0.15, 0.2) is 4.80 Å². The van der Waals surface area contributed by atoms with Crippen molar-refractivity contribution in [3.05, 3.63) is 58.4 Å². The average molecular weight is 414 g/mol. The monoisotopic (exact) mass is 414 g/mol. The molecule has 1 aromatic heterocycles. The molecule has 0 unspecified atom stereocenters. The molecule has 0 bridgehead atoms. The van der Waals surface area contributed by atoms with Gasteiger partial charge in [0, 0.05) is 0 Å². The zero-order valence-electron chi connectivity index (χ0n) is 16.0. The lowest BCUT2D eigenvalue weighted by atomic mass is 10.2. The smallest absolute Gasteiger partial charge is 0.337 e. The van der Waals surface area contributed by atoms with Crippen molar-refractivity contribution in [3.63, 3.8) is 0 Å². The van der Waals surface area contributed by atoms with Crippen LogP contribution in [0.5, 0.6) is 5.75 Å². The summed E-state index contributed by atoms with van der Waals surface area (Å²) < 4.78 is 17.0. The Hall–Kier alpha value is -3.46. The minimum atomic E-state index is -0.513. The van der Waals surface area contributed by atoms with E-state index in [4.69, 9.17) is 14.2 Å². The van der Waals surface area contributed by atoms with E-state index in [1.54, 1.807) is 47.0 Å². The lowest BCUT2D eigenvalue weighted by molar-refractivity contribution is -0.141. The molecule has 0 aliphatic heterocycles. The maximum atomic E-state index is 12.8. The van der Waals surface area contributed by atoms with Gasteiger partial charge < -0.3 is 18.8 Å². The van der Waals surface area contributed by atoms with Gasteiger partial charge in [0.2, 0.25) is 0 Å². The summed E-state index contributed by atoms with van der Waals surface area (Å²) >= 11 is 1.17. The second kappa shape index (κ2) is 8.70. The number of aromatic nitrogens is 1. The summed E-state index contributed by atoms with van der Waals surface area (Å²) in [6, 6.07) is 11.6. The van der Waals surface area contributed by atoms with Crippen LogP contribution in [0.2, 0.25) is 0 Å². The number of thiazole rings is 1. The Morgan fingerprint density at radius 3 is 2.48 bits per heavy atom. The Balaban J connectivity index is 2.17. The zero-order valence-corrected chi connectivity index (χ0v) is 16.8. The molecule has 150 valence electrons. The van der Waals surface area contributed by atoms with Crippen LogP contribution < -0.4 is 9.54 Å². The molecule has 0 saturated heterocycles. The van der Waals surface area contributed by atoms with Gasteiger partial charge >= 0.3 is 11.9 Å². The van der Waals surface area contributed by atoms with E-state index in [9.17, 15) is 14.4 Å². The van der Waals surface area contributed by atoms with Crippen molar-refractivity contribution >= 4 is 39.4 Å². The zero-order chi connectivity index (χ0) is 21.0. The van der Waals surface area contributed by atoms with E-state index in [1.807, 2.05) is 0 Å². The molecular weight excluding hydrogens is 396 g/mol. The summed E-state index contributed by atoms with van der Waals surface area (Å²) in [4.78, 5) is 41.0. The molecule has 9 heteroatoms. The molecule has 2 aromatic carbocycles. The maximum absolute atomic E-state index is 12.8. The van der Waals surface area contributed by atoms with Gasteiger partial charge in [-0.05, 0) is 30.3 Å². The summed E-state index contributed by atoms with van der Waals surface area (Å²) in [6.45, 7) is -0.133. The highest BCUT2D eigenvalue weighted by molar-refractivity contribution is 7.16. The fourth-order valence-electron chi connectivity index (χ4n) is 2.72. The number of amides is 1. The molecule has 29 heavy (non-hydrogen) atoms. The first-order valence-corrected chi connectivity index (χ1v) is 9.30. The minimum Gasteiger partial charge on any atom is -0.496 e. The summed E-state index contributed by atoms with van der Waals surface area (Å²) in [6.07, 6.45) is 0. The molecule has 0 atom stereocenters. The van der Waals surface area contributed by atoms with Crippen molar-refractivity contribution < 1.29 is 28.6 Å². The Labute approximate surface area is 170 Å². The van der Waals surface area contributed by atoms with E-state index in [2.05, 4.69) is 4.99 Å². The first-order chi connectivity index (χ1) is 14.0. The molecule has 0 spiro atoms. The number of carbonyl (C=O) groups is 3. The number of benzene rings is 2. The van der Waals surface area contributed by atoms with Crippen molar-refractivity contribution in [2.45, 2.75) is 6.54 Å². The topological polar surface area (TPSA) is 96.2 Å². The fourth-order valence-corrected chi connectivity index (χ4v) is 3.79. The molecule has 0 N–H and O–H groups in total. The van der Waals surface area contributed by atoms with E-state index in [-0.39, 0.29) is 6.54 Å². The van der Waals surface area contributed by atoms with Crippen molar-refractivity contribution in [1.82, 2.24) is 4.57 Å². The van der Waals surface area contributed by atoms with Crippen molar-refractivity contribution in [3.8, 4) is 5.75 Å². The molecule has 3 rings (SSSR count). The van der Waals surface area contributed by atoms with Gasteiger partial charge in [0.25, 0.3) is 5.91 Å².